The van der Waals surface area contributed by atoms with E-state index in [9.17, 15) is 9.70 Å². The fraction of sp³-hybridized carbons (Fsp3) is 0. The van der Waals surface area contributed by atoms with E-state index in [0.29, 0.717) is 0 Å². The average molecular weight is 178 g/mol. The van der Waals surface area contributed by atoms with E-state index in [1.54, 1.807) is 0 Å². The Balaban J connectivity index is 2.71. The summed E-state index contributed by atoms with van der Waals surface area (Å²) < 4.78 is 1.37. The van der Waals surface area contributed by atoms with E-state index in [4.69, 9.17) is 0 Å². The van der Waals surface area contributed by atoms with Crippen molar-refractivity contribution in [1.82, 2.24) is 24.8 Å². The van der Waals surface area contributed by atoms with Crippen molar-refractivity contribution in [3.05, 3.63) is 23.3 Å². The molecule has 1 amide bonds. The molecule has 2 aromatic heterocycles. The van der Waals surface area contributed by atoms with Crippen LogP contribution in [0.15, 0.2) is 17.8 Å². The zero-order valence-corrected chi connectivity index (χ0v) is 6.15. The third-order valence-electron chi connectivity index (χ3n) is 1.42. The van der Waals surface area contributed by atoms with Gasteiger partial charge in [-0.3, -0.25) is 9.20 Å². The van der Waals surface area contributed by atoms with Gasteiger partial charge in [0.05, 0.1) is 0 Å². The van der Waals surface area contributed by atoms with Crippen molar-refractivity contribution in [2.24, 2.45) is 5.18 Å². The number of rotatable bonds is 1. The second-order valence-electron chi connectivity index (χ2n) is 2.14. The first-order valence-electron chi connectivity index (χ1n) is 3.21. The van der Waals surface area contributed by atoms with Gasteiger partial charge in [0, 0.05) is 5.18 Å². The maximum absolute atomic E-state index is 10.8. The summed E-state index contributed by atoms with van der Waals surface area (Å²) in [6.07, 6.45) is 2.62. The Morgan fingerprint density at radius 2 is 2.31 bits per heavy atom. The van der Waals surface area contributed by atoms with Gasteiger partial charge in [-0.2, -0.15) is 0 Å². The lowest BCUT2D eigenvalue weighted by molar-refractivity contribution is 0.0998. The third kappa shape index (κ3) is 1.04. The van der Waals surface area contributed by atoms with Gasteiger partial charge >= 0.3 is 5.91 Å². The minimum absolute atomic E-state index is 0.120. The Labute approximate surface area is 70.6 Å². The van der Waals surface area contributed by atoms with Crippen LogP contribution in [0.5, 0.6) is 0 Å². The zero-order chi connectivity index (χ0) is 9.26. The monoisotopic (exact) mass is 178 g/mol. The minimum Gasteiger partial charge on any atom is -0.270 e. The van der Waals surface area contributed by atoms with Crippen LogP contribution < -0.4 is 0 Å². The number of hydrogen-bond donors (Lipinski definition) is 0. The minimum atomic E-state index is -0.969. The lowest BCUT2D eigenvalue weighted by Crippen LogP contribution is -1.99. The van der Waals surface area contributed by atoms with Crippen molar-refractivity contribution in [2.45, 2.75) is 0 Å². The number of imidazole rings is 1. The van der Waals surface area contributed by atoms with Crippen LogP contribution in [-0.4, -0.2) is 30.7 Å². The summed E-state index contributed by atoms with van der Waals surface area (Å²) in [4.78, 5) is 24.4. The van der Waals surface area contributed by atoms with Crippen LogP contribution in [0.3, 0.4) is 0 Å². The number of hydrogen-bond acceptors (Lipinski definition) is 6. The van der Waals surface area contributed by atoms with Gasteiger partial charge in [-0.05, 0) is 5.21 Å². The number of amides is 1. The molecule has 0 N–H and O–H groups in total. The predicted octanol–water partition coefficient (Wildman–Crippen LogP) is -0.574. The molecule has 0 bridgehead atoms. The van der Waals surface area contributed by atoms with E-state index in [1.165, 1.54) is 17.1 Å². The topological polar surface area (TPSA) is 102 Å². The second-order valence-corrected chi connectivity index (χ2v) is 2.14. The molecule has 0 aliphatic heterocycles. The highest BCUT2D eigenvalue weighted by Gasteiger charge is 2.14. The standard InChI is InChI=1S/C5H2N6O2/c12-5(9-13)3-4-8-10-7-2-11(4)1-6-3/h1-2H. The number of nitroso groups, excluding NO2 is 1. The number of fused-ring (bicyclic) bond motifs is 1. The highest BCUT2D eigenvalue weighted by molar-refractivity contribution is 5.98. The molecule has 0 fully saturated rings. The van der Waals surface area contributed by atoms with Crippen LogP contribution in [-0.2, 0) is 0 Å². The molecule has 8 heteroatoms. The van der Waals surface area contributed by atoms with Gasteiger partial charge in [-0.15, -0.1) is 15.1 Å². The Morgan fingerprint density at radius 1 is 1.46 bits per heavy atom. The molecule has 0 unspecified atom stereocenters. The maximum Gasteiger partial charge on any atom is 0.338 e. The Bertz CT molecular complexity index is 477. The molecule has 0 saturated heterocycles. The van der Waals surface area contributed by atoms with Gasteiger partial charge in [0.1, 0.15) is 12.7 Å². The van der Waals surface area contributed by atoms with Gasteiger partial charge in [-0.1, -0.05) is 0 Å². The summed E-state index contributed by atoms with van der Waals surface area (Å²) in [6, 6.07) is 0. The summed E-state index contributed by atoms with van der Waals surface area (Å²) >= 11 is 0. The molecule has 64 valence electrons. The van der Waals surface area contributed by atoms with Crippen molar-refractivity contribution < 1.29 is 4.79 Å². The molecular formula is C5H2N6O2. The fourth-order valence-corrected chi connectivity index (χ4v) is 0.879. The van der Waals surface area contributed by atoms with E-state index < -0.39 is 5.91 Å². The van der Waals surface area contributed by atoms with Gasteiger partial charge < -0.3 is 0 Å². The SMILES string of the molecule is O=NC(=O)c1ncn2cnnnc12. The molecule has 0 atom stereocenters. The predicted molar refractivity (Wildman–Crippen MR) is 38.7 cm³/mol. The summed E-state index contributed by atoms with van der Waals surface area (Å²) in [7, 11) is 0. The summed E-state index contributed by atoms with van der Waals surface area (Å²) in [5.74, 6) is -0.969. The molecule has 0 aromatic carbocycles. The van der Waals surface area contributed by atoms with Gasteiger partial charge in [0.25, 0.3) is 0 Å². The molecule has 2 aromatic rings. The molecule has 0 spiro atoms. The quantitative estimate of drug-likeness (QED) is 0.541. The molecule has 0 saturated carbocycles. The molecule has 0 radical (unpaired) electrons. The van der Waals surface area contributed by atoms with Crippen LogP contribution in [0, 0.1) is 4.91 Å². The van der Waals surface area contributed by atoms with Crippen LogP contribution in [0.2, 0.25) is 0 Å². The van der Waals surface area contributed by atoms with Gasteiger partial charge in [-0.25, -0.2) is 4.98 Å². The first-order chi connectivity index (χ1) is 6.33. The van der Waals surface area contributed by atoms with Crippen molar-refractivity contribution in [1.29, 1.82) is 0 Å². The smallest absolute Gasteiger partial charge is 0.270 e. The average Bonchev–Trinajstić information content (AvgIpc) is 2.60. The molecule has 13 heavy (non-hydrogen) atoms. The number of aromatic nitrogens is 5. The van der Waals surface area contributed by atoms with Gasteiger partial charge in [0.2, 0.25) is 0 Å². The van der Waals surface area contributed by atoms with Crippen molar-refractivity contribution in [3.63, 3.8) is 0 Å². The van der Waals surface area contributed by atoms with E-state index >= 15 is 0 Å². The highest BCUT2D eigenvalue weighted by Crippen LogP contribution is 2.04. The van der Waals surface area contributed by atoms with E-state index in [-0.39, 0.29) is 11.3 Å². The highest BCUT2D eigenvalue weighted by atomic mass is 16.3. The zero-order valence-electron chi connectivity index (χ0n) is 6.15. The van der Waals surface area contributed by atoms with E-state index in [2.05, 4.69) is 25.6 Å². The second kappa shape index (κ2) is 2.66. The van der Waals surface area contributed by atoms with E-state index in [0.717, 1.165) is 0 Å². The van der Waals surface area contributed by atoms with Crippen LogP contribution in [0.25, 0.3) is 5.65 Å². The number of carbonyl (C=O) groups excluding carboxylic acids is 1. The molecule has 0 aliphatic rings. The van der Waals surface area contributed by atoms with Gasteiger partial charge in [0.15, 0.2) is 11.3 Å². The van der Waals surface area contributed by atoms with Crippen LogP contribution >= 0.6 is 0 Å². The largest absolute Gasteiger partial charge is 0.338 e. The Morgan fingerprint density at radius 3 is 3.08 bits per heavy atom. The fourth-order valence-electron chi connectivity index (χ4n) is 0.879. The Hall–Kier alpha value is -2.25. The lowest BCUT2D eigenvalue weighted by atomic mass is 10.4. The molecule has 8 nitrogen and oxygen atoms in total. The normalized spacial score (nSPS) is 10.2. The number of carbonyl (C=O) groups is 1. The molecule has 2 rings (SSSR count). The van der Waals surface area contributed by atoms with Crippen LogP contribution in [0.4, 0.5) is 0 Å². The van der Waals surface area contributed by atoms with Crippen molar-refractivity contribution >= 4 is 11.6 Å². The molecular weight excluding hydrogens is 176 g/mol. The summed E-state index contributed by atoms with van der Waals surface area (Å²) in [6.45, 7) is 0. The first kappa shape index (κ1) is 7.40. The Kier molecular flexibility index (Phi) is 1.51. The third-order valence-corrected chi connectivity index (χ3v) is 1.42. The van der Waals surface area contributed by atoms with Crippen LogP contribution in [0.1, 0.15) is 10.5 Å². The maximum atomic E-state index is 10.8. The van der Waals surface area contributed by atoms with Crippen molar-refractivity contribution in [3.8, 4) is 0 Å². The van der Waals surface area contributed by atoms with E-state index in [1.807, 2.05) is 0 Å². The number of nitrogens with zero attached hydrogens (tertiary/aromatic N) is 6. The lowest BCUT2D eigenvalue weighted by Gasteiger charge is -1.87. The molecule has 0 aliphatic carbocycles. The summed E-state index contributed by atoms with van der Waals surface area (Å²) in [5, 5.41) is 12.5. The van der Waals surface area contributed by atoms with Crippen molar-refractivity contribution in [2.75, 3.05) is 0 Å². The molecule has 2 heterocycles. The summed E-state index contributed by atoms with van der Waals surface area (Å²) in [5.41, 5.74) is 0.0458. The first-order valence-corrected chi connectivity index (χ1v) is 3.21.